The number of thioether (sulfide) groups is 1. The van der Waals surface area contributed by atoms with Crippen LogP contribution in [0.4, 0.5) is 0 Å². The van der Waals surface area contributed by atoms with Crippen molar-refractivity contribution in [3.63, 3.8) is 0 Å². The van der Waals surface area contributed by atoms with Gasteiger partial charge < -0.3 is 4.98 Å². The van der Waals surface area contributed by atoms with Crippen LogP contribution >= 0.6 is 11.8 Å². The van der Waals surface area contributed by atoms with Crippen LogP contribution in [0, 0.1) is 17.2 Å². The summed E-state index contributed by atoms with van der Waals surface area (Å²) in [6, 6.07) is 2.80. The molecule has 1 fully saturated rings. The van der Waals surface area contributed by atoms with Gasteiger partial charge in [-0.2, -0.15) is 5.26 Å². The SMILES string of the molecule is CC(C)NC(C#N)(CSc1ncnc2nc[nH]c12)C1CC1. The fraction of sp³-hybridized carbons (Fsp3) is 0.571. The van der Waals surface area contributed by atoms with Crippen LogP contribution in [0.25, 0.3) is 11.2 Å². The summed E-state index contributed by atoms with van der Waals surface area (Å²) < 4.78 is 0. The third kappa shape index (κ3) is 2.87. The lowest BCUT2D eigenvalue weighted by atomic mass is 9.96. The van der Waals surface area contributed by atoms with Gasteiger partial charge in [0.05, 0.1) is 12.4 Å². The second kappa shape index (κ2) is 5.62. The van der Waals surface area contributed by atoms with Crippen molar-refractivity contribution in [3.8, 4) is 6.07 Å². The molecule has 21 heavy (non-hydrogen) atoms. The van der Waals surface area contributed by atoms with E-state index in [-0.39, 0.29) is 6.04 Å². The van der Waals surface area contributed by atoms with E-state index in [0.29, 0.717) is 17.3 Å². The first-order chi connectivity index (χ1) is 10.1. The van der Waals surface area contributed by atoms with E-state index in [0.717, 1.165) is 23.4 Å². The van der Waals surface area contributed by atoms with Crippen molar-refractivity contribution in [2.75, 3.05) is 5.75 Å². The van der Waals surface area contributed by atoms with Crippen molar-refractivity contribution in [1.29, 1.82) is 5.26 Å². The topological polar surface area (TPSA) is 90.3 Å². The summed E-state index contributed by atoms with van der Waals surface area (Å²) in [5, 5.41) is 14.0. The summed E-state index contributed by atoms with van der Waals surface area (Å²) in [4.78, 5) is 15.6. The maximum Gasteiger partial charge on any atom is 0.181 e. The first kappa shape index (κ1) is 14.3. The van der Waals surface area contributed by atoms with Gasteiger partial charge in [-0.15, -0.1) is 11.8 Å². The summed E-state index contributed by atoms with van der Waals surface area (Å²) in [6.45, 7) is 4.16. The van der Waals surface area contributed by atoms with Gasteiger partial charge in [-0.05, 0) is 32.6 Å². The number of aromatic amines is 1. The van der Waals surface area contributed by atoms with Gasteiger partial charge in [-0.3, -0.25) is 5.32 Å². The lowest BCUT2D eigenvalue weighted by Crippen LogP contribution is -2.51. The number of nitriles is 1. The smallest absolute Gasteiger partial charge is 0.181 e. The molecule has 0 radical (unpaired) electrons. The second-order valence-electron chi connectivity index (χ2n) is 5.73. The van der Waals surface area contributed by atoms with E-state index in [1.165, 1.54) is 6.33 Å². The minimum absolute atomic E-state index is 0.281. The molecular weight excluding hydrogens is 284 g/mol. The van der Waals surface area contributed by atoms with Gasteiger partial charge in [0.15, 0.2) is 5.65 Å². The van der Waals surface area contributed by atoms with Crippen LogP contribution < -0.4 is 5.32 Å². The van der Waals surface area contributed by atoms with Crippen LogP contribution in [0.15, 0.2) is 17.7 Å². The second-order valence-corrected chi connectivity index (χ2v) is 6.69. The Hall–Kier alpha value is -1.65. The molecule has 2 aromatic rings. The molecule has 1 aliphatic carbocycles. The van der Waals surface area contributed by atoms with Gasteiger partial charge in [-0.1, -0.05) is 0 Å². The molecule has 1 saturated carbocycles. The molecule has 110 valence electrons. The third-order valence-corrected chi connectivity index (χ3v) is 4.83. The molecule has 1 atom stereocenters. The number of rotatable bonds is 6. The maximum absolute atomic E-state index is 9.71. The third-order valence-electron chi connectivity index (χ3n) is 3.64. The Kier molecular flexibility index (Phi) is 3.83. The first-order valence-corrected chi connectivity index (χ1v) is 8.09. The van der Waals surface area contributed by atoms with Crippen molar-refractivity contribution in [1.82, 2.24) is 25.3 Å². The number of nitrogens with zero attached hydrogens (tertiary/aromatic N) is 4. The predicted octanol–water partition coefficient (Wildman–Crippen LogP) is 2.12. The normalized spacial score (nSPS) is 17.8. The van der Waals surface area contributed by atoms with Gasteiger partial charge in [0.2, 0.25) is 0 Å². The van der Waals surface area contributed by atoms with Crippen LogP contribution in [0.3, 0.4) is 0 Å². The van der Waals surface area contributed by atoms with E-state index in [4.69, 9.17) is 0 Å². The van der Waals surface area contributed by atoms with Gasteiger partial charge in [-0.25, -0.2) is 15.0 Å². The molecule has 2 heterocycles. The summed E-state index contributed by atoms with van der Waals surface area (Å²) in [5.74, 6) is 1.12. The number of nitrogens with one attached hydrogen (secondary N) is 2. The number of H-pyrrole nitrogens is 1. The highest BCUT2D eigenvalue weighted by Gasteiger charge is 2.46. The van der Waals surface area contributed by atoms with Crippen molar-refractivity contribution in [2.45, 2.75) is 43.3 Å². The molecule has 7 heteroatoms. The van der Waals surface area contributed by atoms with Gasteiger partial charge in [0.1, 0.15) is 22.4 Å². The maximum atomic E-state index is 9.71. The molecule has 0 saturated heterocycles. The van der Waals surface area contributed by atoms with Crippen LogP contribution in [0.1, 0.15) is 26.7 Å². The molecule has 0 bridgehead atoms. The zero-order valence-corrected chi connectivity index (χ0v) is 12.9. The van der Waals surface area contributed by atoms with Crippen molar-refractivity contribution >= 4 is 22.9 Å². The number of imidazole rings is 1. The minimum atomic E-state index is -0.476. The van der Waals surface area contributed by atoms with Crippen molar-refractivity contribution in [2.24, 2.45) is 5.92 Å². The number of fused-ring (bicyclic) bond motifs is 1. The van der Waals surface area contributed by atoms with E-state index < -0.39 is 5.54 Å². The summed E-state index contributed by atoms with van der Waals surface area (Å²) in [5.41, 5.74) is 1.03. The Morgan fingerprint density at radius 3 is 2.95 bits per heavy atom. The Morgan fingerprint density at radius 2 is 2.29 bits per heavy atom. The largest absolute Gasteiger partial charge is 0.341 e. The van der Waals surface area contributed by atoms with Crippen LogP contribution in [0.2, 0.25) is 0 Å². The molecule has 6 nitrogen and oxygen atoms in total. The standard InChI is InChI=1S/C14H18N6S/c1-9(2)20-14(5-15,10-3-4-10)6-21-13-11-12(17-7-16-11)18-8-19-13/h7-10,20H,3-4,6H2,1-2H3,(H,16,17,18,19). The van der Waals surface area contributed by atoms with Gasteiger partial charge in [0, 0.05) is 11.8 Å². The zero-order valence-electron chi connectivity index (χ0n) is 12.1. The lowest BCUT2D eigenvalue weighted by Gasteiger charge is -2.29. The number of hydrogen-bond acceptors (Lipinski definition) is 6. The molecule has 0 amide bonds. The molecule has 0 aliphatic heterocycles. The molecule has 2 aromatic heterocycles. The minimum Gasteiger partial charge on any atom is -0.341 e. The van der Waals surface area contributed by atoms with Crippen LogP contribution in [-0.2, 0) is 0 Å². The average Bonchev–Trinajstić information content (AvgIpc) is 3.21. The van der Waals surface area contributed by atoms with E-state index in [1.54, 1.807) is 18.1 Å². The lowest BCUT2D eigenvalue weighted by molar-refractivity contribution is 0.370. The number of hydrogen-bond donors (Lipinski definition) is 2. The van der Waals surface area contributed by atoms with E-state index in [1.807, 2.05) is 0 Å². The van der Waals surface area contributed by atoms with Crippen LogP contribution in [0.5, 0.6) is 0 Å². The Labute approximate surface area is 127 Å². The highest BCUT2D eigenvalue weighted by molar-refractivity contribution is 7.99. The zero-order chi connectivity index (χ0) is 14.9. The molecule has 1 aliphatic rings. The molecular formula is C14H18N6S. The molecule has 0 aromatic carbocycles. The van der Waals surface area contributed by atoms with Gasteiger partial charge in [0.25, 0.3) is 0 Å². The number of aromatic nitrogens is 4. The summed E-state index contributed by atoms with van der Waals surface area (Å²) in [6.07, 6.45) is 5.38. The quantitative estimate of drug-likeness (QED) is 0.627. The average molecular weight is 302 g/mol. The molecule has 1 unspecified atom stereocenters. The summed E-state index contributed by atoms with van der Waals surface area (Å²) in [7, 11) is 0. The van der Waals surface area contributed by atoms with Gasteiger partial charge >= 0.3 is 0 Å². The Balaban J connectivity index is 1.81. The Bertz CT molecular complexity index is 671. The van der Waals surface area contributed by atoms with Crippen molar-refractivity contribution in [3.05, 3.63) is 12.7 Å². The predicted molar refractivity (Wildman–Crippen MR) is 81.7 cm³/mol. The van der Waals surface area contributed by atoms with E-state index >= 15 is 0 Å². The first-order valence-electron chi connectivity index (χ1n) is 7.10. The van der Waals surface area contributed by atoms with E-state index in [2.05, 4.69) is 45.2 Å². The highest BCUT2D eigenvalue weighted by atomic mass is 32.2. The highest BCUT2D eigenvalue weighted by Crippen LogP contribution is 2.42. The molecule has 0 spiro atoms. The molecule has 2 N–H and O–H groups in total. The summed E-state index contributed by atoms with van der Waals surface area (Å²) >= 11 is 1.59. The van der Waals surface area contributed by atoms with Crippen molar-refractivity contribution < 1.29 is 0 Å². The Morgan fingerprint density at radius 1 is 1.48 bits per heavy atom. The fourth-order valence-corrected chi connectivity index (χ4v) is 3.72. The van der Waals surface area contributed by atoms with E-state index in [9.17, 15) is 5.26 Å². The van der Waals surface area contributed by atoms with Crippen LogP contribution in [-0.4, -0.2) is 37.3 Å². The fourth-order valence-electron chi connectivity index (χ4n) is 2.56. The molecule has 3 rings (SSSR count). The monoisotopic (exact) mass is 302 g/mol.